The van der Waals surface area contributed by atoms with Crippen LogP contribution in [0, 0.1) is 0 Å². The van der Waals surface area contributed by atoms with Crippen molar-refractivity contribution in [3.05, 3.63) is 60.2 Å². The van der Waals surface area contributed by atoms with Gasteiger partial charge in [0.15, 0.2) is 0 Å². The summed E-state index contributed by atoms with van der Waals surface area (Å²) in [4.78, 5) is 25.7. The van der Waals surface area contributed by atoms with Gasteiger partial charge in [0.1, 0.15) is 0 Å². The van der Waals surface area contributed by atoms with E-state index in [4.69, 9.17) is 0 Å². The first-order valence-electron chi connectivity index (χ1n) is 7.93. The van der Waals surface area contributed by atoms with Crippen LogP contribution in [0.1, 0.15) is 12.0 Å². The summed E-state index contributed by atoms with van der Waals surface area (Å²) in [6.45, 7) is 0.337. The van der Waals surface area contributed by atoms with Gasteiger partial charge in [-0.15, -0.1) is 0 Å². The average Bonchev–Trinajstić information content (AvgIpc) is 2.95. The van der Waals surface area contributed by atoms with E-state index in [1.807, 2.05) is 30.3 Å². The Balaban J connectivity index is 1.56. The van der Waals surface area contributed by atoms with Crippen molar-refractivity contribution in [1.82, 2.24) is 5.32 Å². The monoisotopic (exact) mass is 363 g/mol. The number of benzene rings is 2. The second kappa shape index (κ2) is 7.07. The van der Waals surface area contributed by atoms with Gasteiger partial charge < -0.3 is 15.5 Å². The fourth-order valence-corrected chi connectivity index (χ4v) is 2.76. The molecule has 0 spiro atoms. The molecule has 1 aliphatic rings. The molecule has 0 aliphatic carbocycles. The number of hydrogen-bond donors (Lipinski definition) is 2. The minimum Gasteiger partial charge on any atom is -0.333 e. The van der Waals surface area contributed by atoms with Crippen LogP contribution >= 0.6 is 0 Å². The zero-order valence-corrected chi connectivity index (χ0v) is 13.6. The molecule has 8 heteroatoms. The lowest BCUT2D eigenvalue weighted by molar-refractivity contribution is -0.137. The predicted molar refractivity (Wildman–Crippen MR) is 90.8 cm³/mol. The number of nitrogens with one attached hydrogen (secondary N) is 2. The highest BCUT2D eigenvalue weighted by atomic mass is 19.4. The molecular formula is C18H16F3N3O2. The van der Waals surface area contributed by atoms with Crippen LogP contribution < -0.4 is 15.5 Å². The Morgan fingerprint density at radius 1 is 1.04 bits per heavy atom. The molecule has 0 radical (unpaired) electrons. The van der Waals surface area contributed by atoms with Crippen molar-refractivity contribution in [3.8, 4) is 0 Å². The Kier molecular flexibility index (Phi) is 4.83. The first kappa shape index (κ1) is 17.8. The second-order valence-electron chi connectivity index (χ2n) is 5.91. The Hall–Kier alpha value is -3.03. The highest BCUT2D eigenvalue weighted by Gasteiger charge is 2.32. The number of amides is 3. The maximum absolute atomic E-state index is 12.5. The Morgan fingerprint density at radius 2 is 1.69 bits per heavy atom. The molecule has 3 amide bonds. The minimum atomic E-state index is -4.42. The number of anilines is 2. The minimum absolute atomic E-state index is 0.101. The smallest absolute Gasteiger partial charge is 0.333 e. The summed E-state index contributed by atoms with van der Waals surface area (Å²) in [5.74, 6) is -0.101. The fourth-order valence-electron chi connectivity index (χ4n) is 2.76. The van der Waals surface area contributed by atoms with Crippen molar-refractivity contribution < 1.29 is 22.8 Å². The summed E-state index contributed by atoms with van der Waals surface area (Å²) < 4.78 is 37.6. The van der Waals surface area contributed by atoms with Gasteiger partial charge in [-0.3, -0.25) is 4.79 Å². The van der Waals surface area contributed by atoms with Gasteiger partial charge in [0.05, 0.1) is 11.6 Å². The fraction of sp³-hybridized carbons (Fsp3) is 0.222. The molecule has 1 unspecified atom stereocenters. The SMILES string of the molecule is O=C(Nc1ccc(C(F)(F)F)cc1)NC1CC(=O)N(c2ccccc2)C1. The topological polar surface area (TPSA) is 61.4 Å². The summed E-state index contributed by atoms with van der Waals surface area (Å²) >= 11 is 0. The summed E-state index contributed by atoms with van der Waals surface area (Å²) in [6.07, 6.45) is -4.26. The van der Waals surface area contributed by atoms with E-state index in [9.17, 15) is 22.8 Å². The van der Waals surface area contributed by atoms with Crippen molar-refractivity contribution in [2.75, 3.05) is 16.8 Å². The molecular weight excluding hydrogens is 347 g/mol. The molecule has 1 fully saturated rings. The predicted octanol–water partition coefficient (Wildman–Crippen LogP) is 3.63. The van der Waals surface area contributed by atoms with Gasteiger partial charge in [-0.25, -0.2) is 4.79 Å². The van der Waals surface area contributed by atoms with Crippen LogP contribution in [0.25, 0.3) is 0 Å². The third-order valence-electron chi connectivity index (χ3n) is 4.00. The normalized spacial score (nSPS) is 17.3. The molecule has 3 rings (SSSR count). The Morgan fingerprint density at radius 3 is 2.31 bits per heavy atom. The molecule has 5 nitrogen and oxygen atoms in total. The average molecular weight is 363 g/mol. The lowest BCUT2D eigenvalue weighted by Gasteiger charge is -2.17. The van der Waals surface area contributed by atoms with E-state index in [-0.39, 0.29) is 24.1 Å². The first-order valence-corrected chi connectivity index (χ1v) is 7.93. The van der Waals surface area contributed by atoms with Gasteiger partial charge in [-0.2, -0.15) is 13.2 Å². The summed E-state index contributed by atoms with van der Waals surface area (Å²) in [5, 5.41) is 5.14. The van der Waals surface area contributed by atoms with Crippen molar-refractivity contribution in [1.29, 1.82) is 0 Å². The molecule has 1 heterocycles. The van der Waals surface area contributed by atoms with E-state index in [2.05, 4.69) is 10.6 Å². The Labute approximate surface area is 147 Å². The van der Waals surface area contributed by atoms with Crippen LogP contribution in [-0.2, 0) is 11.0 Å². The van der Waals surface area contributed by atoms with E-state index in [0.29, 0.717) is 6.54 Å². The number of carbonyl (C=O) groups is 2. The standard InChI is InChI=1S/C18H16F3N3O2/c19-18(20,21)12-6-8-13(9-7-12)22-17(26)23-14-10-16(25)24(11-14)15-4-2-1-3-5-15/h1-9,14H,10-11H2,(H2,22,23,26). The van der Waals surface area contributed by atoms with Crippen molar-refractivity contribution in [2.24, 2.45) is 0 Å². The molecule has 0 bridgehead atoms. The molecule has 136 valence electrons. The molecule has 0 saturated carbocycles. The lowest BCUT2D eigenvalue weighted by atomic mass is 10.2. The highest BCUT2D eigenvalue weighted by Crippen LogP contribution is 2.29. The highest BCUT2D eigenvalue weighted by molar-refractivity contribution is 5.97. The van der Waals surface area contributed by atoms with Gasteiger partial charge in [0, 0.05) is 24.3 Å². The van der Waals surface area contributed by atoms with Crippen molar-refractivity contribution in [2.45, 2.75) is 18.6 Å². The third-order valence-corrected chi connectivity index (χ3v) is 4.00. The van der Waals surface area contributed by atoms with E-state index in [0.717, 1.165) is 17.8 Å². The summed E-state index contributed by atoms with van der Waals surface area (Å²) in [5.41, 5.74) is 0.202. The lowest BCUT2D eigenvalue weighted by Crippen LogP contribution is -2.39. The zero-order chi connectivity index (χ0) is 18.7. The number of carbonyl (C=O) groups excluding carboxylic acids is 2. The third kappa shape index (κ3) is 4.14. The molecule has 1 atom stereocenters. The maximum Gasteiger partial charge on any atom is 0.416 e. The summed E-state index contributed by atoms with van der Waals surface area (Å²) in [6, 6.07) is 12.3. The molecule has 26 heavy (non-hydrogen) atoms. The van der Waals surface area contributed by atoms with Gasteiger partial charge in [-0.1, -0.05) is 18.2 Å². The number of para-hydroxylation sites is 1. The number of halogens is 3. The molecule has 0 aromatic heterocycles. The maximum atomic E-state index is 12.5. The van der Waals surface area contributed by atoms with E-state index >= 15 is 0 Å². The van der Waals surface area contributed by atoms with Crippen molar-refractivity contribution in [3.63, 3.8) is 0 Å². The molecule has 2 aromatic rings. The van der Waals surface area contributed by atoms with Crippen LogP contribution in [0.15, 0.2) is 54.6 Å². The van der Waals surface area contributed by atoms with Gasteiger partial charge >= 0.3 is 12.2 Å². The number of urea groups is 1. The Bertz CT molecular complexity index is 792. The quantitative estimate of drug-likeness (QED) is 0.875. The molecule has 1 aliphatic heterocycles. The zero-order valence-electron chi connectivity index (χ0n) is 13.6. The van der Waals surface area contributed by atoms with Gasteiger partial charge in [-0.05, 0) is 36.4 Å². The second-order valence-corrected chi connectivity index (χ2v) is 5.91. The number of hydrogen-bond acceptors (Lipinski definition) is 2. The van der Waals surface area contributed by atoms with Crippen LogP contribution in [0.3, 0.4) is 0 Å². The van der Waals surface area contributed by atoms with E-state index in [1.165, 1.54) is 12.1 Å². The van der Waals surface area contributed by atoms with E-state index in [1.54, 1.807) is 4.90 Å². The molecule has 2 N–H and O–H groups in total. The van der Waals surface area contributed by atoms with Crippen LogP contribution in [0.5, 0.6) is 0 Å². The van der Waals surface area contributed by atoms with Gasteiger partial charge in [0.25, 0.3) is 0 Å². The number of alkyl halides is 3. The van der Waals surface area contributed by atoms with Gasteiger partial charge in [0.2, 0.25) is 5.91 Å². The number of rotatable bonds is 3. The van der Waals surface area contributed by atoms with Crippen LogP contribution in [0.2, 0.25) is 0 Å². The van der Waals surface area contributed by atoms with Crippen LogP contribution in [0.4, 0.5) is 29.3 Å². The van der Waals surface area contributed by atoms with E-state index < -0.39 is 17.8 Å². The van der Waals surface area contributed by atoms with Crippen LogP contribution in [-0.4, -0.2) is 24.5 Å². The largest absolute Gasteiger partial charge is 0.416 e. The molecule has 2 aromatic carbocycles. The van der Waals surface area contributed by atoms with Crippen molar-refractivity contribution >= 4 is 23.3 Å². The first-order chi connectivity index (χ1) is 12.3. The molecule has 1 saturated heterocycles. The number of nitrogens with zero attached hydrogens (tertiary/aromatic N) is 1. The summed E-state index contributed by atoms with van der Waals surface area (Å²) in [7, 11) is 0.